The molecule has 20 heavy (non-hydrogen) atoms. The van der Waals surface area contributed by atoms with Gasteiger partial charge in [0, 0.05) is 0 Å². The summed E-state index contributed by atoms with van der Waals surface area (Å²) in [6.45, 7) is 0.0754. The van der Waals surface area contributed by atoms with Crippen molar-refractivity contribution in [2.45, 2.75) is 37.9 Å². The quantitative estimate of drug-likeness (QED) is 0.831. The minimum Gasteiger partial charge on any atom is -0.497 e. The third-order valence-electron chi connectivity index (χ3n) is 3.40. The fraction of sp³-hybridized carbons (Fsp3) is 0.533. The summed E-state index contributed by atoms with van der Waals surface area (Å²) in [4.78, 5) is 11.2. The van der Waals surface area contributed by atoms with Gasteiger partial charge in [-0.3, -0.25) is 0 Å². The zero-order chi connectivity index (χ0) is 14.4. The van der Waals surface area contributed by atoms with Gasteiger partial charge in [-0.15, -0.1) is 0 Å². The van der Waals surface area contributed by atoms with Crippen LogP contribution in [-0.2, 0) is 9.53 Å². The van der Waals surface area contributed by atoms with Crippen molar-refractivity contribution in [3.05, 3.63) is 24.3 Å². The van der Waals surface area contributed by atoms with E-state index in [9.17, 15) is 9.90 Å². The van der Waals surface area contributed by atoms with Crippen molar-refractivity contribution < 1.29 is 24.1 Å². The highest BCUT2D eigenvalue weighted by molar-refractivity contribution is 5.72. The lowest BCUT2D eigenvalue weighted by Crippen LogP contribution is -2.33. The van der Waals surface area contributed by atoms with E-state index in [0.717, 1.165) is 25.7 Å². The summed E-state index contributed by atoms with van der Waals surface area (Å²) in [5, 5.41) is 9.18. The van der Waals surface area contributed by atoms with Gasteiger partial charge in [-0.2, -0.15) is 0 Å². The fourth-order valence-corrected chi connectivity index (χ4v) is 2.25. The number of hydrogen-bond donors (Lipinski definition) is 1. The van der Waals surface area contributed by atoms with Crippen LogP contribution in [0.15, 0.2) is 24.3 Å². The molecule has 5 nitrogen and oxygen atoms in total. The zero-order valence-corrected chi connectivity index (χ0v) is 11.6. The molecule has 0 radical (unpaired) electrons. The van der Waals surface area contributed by atoms with Crippen molar-refractivity contribution in [3.63, 3.8) is 0 Å². The Morgan fingerprint density at radius 2 is 1.85 bits per heavy atom. The largest absolute Gasteiger partial charge is 0.497 e. The number of benzene rings is 1. The Labute approximate surface area is 118 Å². The molecule has 5 heteroatoms. The fourth-order valence-electron chi connectivity index (χ4n) is 2.25. The van der Waals surface area contributed by atoms with E-state index in [1.807, 2.05) is 0 Å². The minimum absolute atomic E-state index is 0.0754. The van der Waals surface area contributed by atoms with Crippen LogP contribution in [0.2, 0.25) is 0 Å². The van der Waals surface area contributed by atoms with Crippen LogP contribution in [0, 0.1) is 0 Å². The van der Waals surface area contributed by atoms with E-state index < -0.39 is 12.1 Å². The molecule has 1 atom stereocenters. The highest BCUT2D eigenvalue weighted by Crippen LogP contribution is 2.22. The molecule has 1 fully saturated rings. The molecule has 1 unspecified atom stereocenters. The molecule has 0 aliphatic heterocycles. The number of methoxy groups -OCH3 is 1. The minimum atomic E-state index is -1.01. The van der Waals surface area contributed by atoms with E-state index in [-0.39, 0.29) is 12.7 Å². The van der Waals surface area contributed by atoms with Crippen LogP contribution in [0.3, 0.4) is 0 Å². The topological polar surface area (TPSA) is 65.0 Å². The summed E-state index contributed by atoms with van der Waals surface area (Å²) >= 11 is 0. The Morgan fingerprint density at radius 3 is 2.40 bits per heavy atom. The molecule has 0 aromatic heterocycles. The Balaban J connectivity index is 1.88. The molecule has 1 aliphatic rings. The van der Waals surface area contributed by atoms with Gasteiger partial charge in [0.25, 0.3) is 0 Å². The molecular formula is C15H20O5. The van der Waals surface area contributed by atoms with Crippen molar-refractivity contribution in [2.75, 3.05) is 13.7 Å². The Kier molecular flexibility index (Phi) is 5.24. The maximum atomic E-state index is 11.2. The number of carbonyl (C=O) groups is 1. The lowest BCUT2D eigenvalue weighted by atomic mass is 10.3. The van der Waals surface area contributed by atoms with Gasteiger partial charge in [-0.25, -0.2) is 4.79 Å². The molecule has 110 valence electrons. The predicted molar refractivity (Wildman–Crippen MR) is 73.3 cm³/mol. The van der Waals surface area contributed by atoms with Gasteiger partial charge in [-0.1, -0.05) is 12.8 Å². The summed E-state index contributed by atoms with van der Waals surface area (Å²) in [6, 6.07) is 6.83. The van der Waals surface area contributed by atoms with Crippen LogP contribution < -0.4 is 9.47 Å². The number of carboxylic acids is 1. The number of ether oxygens (including phenoxy) is 3. The van der Waals surface area contributed by atoms with E-state index in [2.05, 4.69) is 0 Å². The highest BCUT2D eigenvalue weighted by Gasteiger charge is 2.23. The van der Waals surface area contributed by atoms with Gasteiger partial charge in [-0.05, 0) is 37.1 Å². The Bertz CT molecular complexity index is 422. The average molecular weight is 280 g/mol. The van der Waals surface area contributed by atoms with Gasteiger partial charge in [0.1, 0.15) is 11.5 Å². The van der Waals surface area contributed by atoms with Crippen LogP contribution in [0.4, 0.5) is 0 Å². The highest BCUT2D eigenvalue weighted by atomic mass is 16.6. The van der Waals surface area contributed by atoms with Crippen LogP contribution in [0.25, 0.3) is 0 Å². The molecule has 1 N–H and O–H groups in total. The van der Waals surface area contributed by atoms with E-state index in [1.54, 1.807) is 31.4 Å². The van der Waals surface area contributed by atoms with Crippen molar-refractivity contribution in [2.24, 2.45) is 0 Å². The maximum absolute atomic E-state index is 11.2. The summed E-state index contributed by atoms with van der Waals surface area (Å²) < 4.78 is 16.1. The summed E-state index contributed by atoms with van der Waals surface area (Å²) in [6.07, 6.45) is 3.52. The normalized spacial score (nSPS) is 16.9. The SMILES string of the molecule is COc1ccc(OC(COC2CCCC2)C(=O)O)cc1. The molecule has 0 spiro atoms. The predicted octanol–water partition coefficient (Wildman–Crippen LogP) is 2.49. The van der Waals surface area contributed by atoms with E-state index >= 15 is 0 Å². The third-order valence-corrected chi connectivity index (χ3v) is 3.40. The molecule has 0 bridgehead atoms. The first-order chi connectivity index (χ1) is 9.69. The van der Waals surface area contributed by atoms with E-state index in [0.29, 0.717) is 11.5 Å². The lowest BCUT2D eigenvalue weighted by Gasteiger charge is -2.18. The monoisotopic (exact) mass is 280 g/mol. The smallest absolute Gasteiger partial charge is 0.347 e. The molecule has 1 aromatic rings. The average Bonchev–Trinajstić information content (AvgIpc) is 2.97. The summed E-state index contributed by atoms with van der Waals surface area (Å²) in [7, 11) is 1.57. The molecule has 0 saturated heterocycles. The molecule has 0 amide bonds. The molecule has 1 aliphatic carbocycles. The van der Waals surface area contributed by atoms with E-state index in [4.69, 9.17) is 14.2 Å². The standard InChI is InChI=1S/C15H20O5/c1-18-11-6-8-13(9-7-11)20-14(15(16)17)10-19-12-4-2-3-5-12/h6-9,12,14H,2-5,10H2,1H3,(H,16,17). The number of rotatable bonds is 7. The number of aliphatic carboxylic acids is 1. The van der Waals surface area contributed by atoms with Crippen molar-refractivity contribution in [1.82, 2.24) is 0 Å². The first kappa shape index (κ1) is 14.7. The first-order valence-corrected chi connectivity index (χ1v) is 6.84. The van der Waals surface area contributed by atoms with Crippen molar-refractivity contribution >= 4 is 5.97 Å². The summed E-state index contributed by atoms with van der Waals surface area (Å²) in [5.41, 5.74) is 0. The number of hydrogen-bond acceptors (Lipinski definition) is 4. The van der Waals surface area contributed by atoms with Gasteiger partial charge < -0.3 is 19.3 Å². The van der Waals surface area contributed by atoms with Crippen LogP contribution in [-0.4, -0.2) is 37.0 Å². The second kappa shape index (κ2) is 7.14. The van der Waals surface area contributed by atoms with Gasteiger partial charge in [0.15, 0.2) is 0 Å². The first-order valence-electron chi connectivity index (χ1n) is 6.84. The Hall–Kier alpha value is -1.75. The van der Waals surface area contributed by atoms with Gasteiger partial charge >= 0.3 is 5.97 Å². The number of carboxylic acid groups (broad SMARTS) is 1. The van der Waals surface area contributed by atoms with Gasteiger partial charge in [0.05, 0.1) is 19.8 Å². The van der Waals surface area contributed by atoms with Crippen LogP contribution >= 0.6 is 0 Å². The van der Waals surface area contributed by atoms with Crippen LogP contribution in [0.5, 0.6) is 11.5 Å². The molecule has 0 heterocycles. The zero-order valence-electron chi connectivity index (χ0n) is 11.6. The second-order valence-corrected chi connectivity index (χ2v) is 4.86. The summed E-state index contributed by atoms with van der Waals surface area (Å²) in [5.74, 6) is 0.179. The van der Waals surface area contributed by atoms with Crippen molar-refractivity contribution in [3.8, 4) is 11.5 Å². The molecule has 1 aromatic carbocycles. The molecule has 1 saturated carbocycles. The Morgan fingerprint density at radius 1 is 1.25 bits per heavy atom. The van der Waals surface area contributed by atoms with Crippen molar-refractivity contribution in [1.29, 1.82) is 0 Å². The van der Waals surface area contributed by atoms with Crippen LogP contribution in [0.1, 0.15) is 25.7 Å². The lowest BCUT2D eigenvalue weighted by molar-refractivity contribution is -0.149. The van der Waals surface area contributed by atoms with Gasteiger partial charge in [0.2, 0.25) is 6.10 Å². The van der Waals surface area contributed by atoms with E-state index in [1.165, 1.54) is 0 Å². The third kappa shape index (κ3) is 4.13. The molecule has 2 rings (SSSR count). The maximum Gasteiger partial charge on any atom is 0.347 e. The second-order valence-electron chi connectivity index (χ2n) is 4.86. The molecular weight excluding hydrogens is 260 g/mol.